The van der Waals surface area contributed by atoms with Crippen molar-refractivity contribution in [3.8, 4) is 0 Å². The number of carbonyl (C=O) groups is 3. The number of nitrogens with zero attached hydrogens (tertiary/aromatic N) is 2. The van der Waals surface area contributed by atoms with Gasteiger partial charge in [0.15, 0.2) is 0 Å². The molecular formula is C14H27N3O4. The Morgan fingerprint density at radius 1 is 1.24 bits per heavy atom. The Kier molecular flexibility index (Phi) is 9.16. The summed E-state index contributed by atoms with van der Waals surface area (Å²) in [5.41, 5.74) is 0. The second kappa shape index (κ2) is 10.0. The van der Waals surface area contributed by atoms with E-state index < -0.39 is 5.97 Å². The number of aliphatic carboxylic acids is 1. The van der Waals surface area contributed by atoms with Gasteiger partial charge < -0.3 is 20.2 Å². The predicted molar refractivity (Wildman–Crippen MR) is 80.0 cm³/mol. The van der Waals surface area contributed by atoms with Crippen molar-refractivity contribution in [2.24, 2.45) is 0 Å². The molecule has 0 heterocycles. The number of urea groups is 1. The number of carbonyl (C=O) groups excluding carboxylic acids is 2. The number of hydrogen-bond acceptors (Lipinski definition) is 3. The smallest absolute Gasteiger partial charge is 0.320 e. The van der Waals surface area contributed by atoms with Crippen molar-refractivity contribution in [1.82, 2.24) is 15.1 Å². The van der Waals surface area contributed by atoms with Crippen molar-refractivity contribution in [3.05, 3.63) is 0 Å². The van der Waals surface area contributed by atoms with Crippen LogP contribution in [0.25, 0.3) is 0 Å². The molecule has 0 saturated heterocycles. The van der Waals surface area contributed by atoms with Crippen LogP contribution >= 0.6 is 0 Å². The Hall–Kier alpha value is -1.79. The predicted octanol–water partition coefficient (Wildman–Crippen LogP) is 1.14. The molecule has 0 bridgehead atoms. The topological polar surface area (TPSA) is 90.0 Å². The van der Waals surface area contributed by atoms with Gasteiger partial charge in [0.1, 0.15) is 6.54 Å². The first kappa shape index (κ1) is 19.2. The molecule has 2 N–H and O–H groups in total. The summed E-state index contributed by atoms with van der Waals surface area (Å²) in [7, 11) is 1.57. The van der Waals surface area contributed by atoms with Crippen LogP contribution in [0.5, 0.6) is 0 Å². The molecular weight excluding hydrogens is 274 g/mol. The molecule has 21 heavy (non-hydrogen) atoms. The SMILES string of the molecule is CCCNC(=O)CN(C)C(=O)N(CCCC(=O)O)C(C)C. The monoisotopic (exact) mass is 301 g/mol. The number of carboxylic acid groups (broad SMARTS) is 1. The second-order valence-electron chi connectivity index (χ2n) is 5.27. The van der Waals surface area contributed by atoms with E-state index in [1.54, 1.807) is 11.9 Å². The van der Waals surface area contributed by atoms with Gasteiger partial charge in [0.05, 0.1) is 0 Å². The van der Waals surface area contributed by atoms with E-state index in [2.05, 4.69) is 5.32 Å². The molecule has 0 rings (SSSR count). The lowest BCUT2D eigenvalue weighted by molar-refractivity contribution is -0.137. The van der Waals surface area contributed by atoms with Crippen LogP contribution in [0.3, 0.4) is 0 Å². The van der Waals surface area contributed by atoms with Crippen molar-refractivity contribution >= 4 is 17.9 Å². The molecule has 0 aromatic rings. The van der Waals surface area contributed by atoms with Gasteiger partial charge in [0.25, 0.3) is 0 Å². The second-order valence-corrected chi connectivity index (χ2v) is 5.27. The first-order valence-electron chi connectivity index (χ1n) is 7.29. The van der Waals surface area contributed by atoms with Gasteiger partial charge in [-0.25, -0.2) is 4.79 Å². The summed E-state index contributed by atoms with van der Waals surface area (Å²) < 4.78 is 0. The summed E-state index contributed by atoms with van der Waals surface area (Å²) >= 11 is 0. The van der Waals surface area contributed by atoms with Crippen LogP contribution in [0.1, 0.15) is 40.0 Å². The van der Waals surface area contributed by atoms with E-state index in [1.165, 1.54) is 4.90 Å². The lowest BCUT2D eigenvalue weighted by Crippen LogP contribution is -2.48. The van der Waals surface area contributed by atoms with Gasteiger partial charge >= 0.3 is 12.0 Å². The normalized spacial score (nSPS) is 10.3. The van der Waals surface area contributed by atoms with Crippen LogP contribution in [0.2, 0.25) is 0 Å². The van der Waals surface area contributed by atoms with Gasteiger partial charge in [-0.2, -0.15) is 0 Å². The third-order valence-electron chi connectivity index (χ3n) is 2.94. The Morgan fingerprint density at radius 2 is 1.86 bits per heavy atom. The standard InChI is InChI=1S/C14H27N3O4/c1-5-8-15-12(18)10-16(4)14(21)17(11(2)3)9-6-7-13(19)20/h11H,5-10H2,1-4H3,(H,15,18)(H,19,20). The summed E-state index contributed by atoms with van der Waals surface area (Å²) in [4.78, 5) is 37.4. The molecule has 0 unspecified atom stereocenters. The van der Waals surface area contributed by atoms with Crippen LogP contribution in [0, 0.1) is 0 Å². The third-order valence-corrected chi connectivity index (χ3v) is 2.94. The number of nitrogens with one attached hydrogen (secondary N) is 1. The summed E-state index contributed by atoms with van der Waals surface area (Å²) in [6.07, 6.45) is 1.27. The number of amides is 3. The fourth-order valence-corrected chi connectivity index (χ4v) is 1.80. The van der Waals surface area contributed by atoms with E-state index in [0.29, 0.717) is 19.5 Å². The maximum absolute atomic E-state index is 12.3. The molecule has 3 amide bonds. The van der Waals surface area contributed by atoms with Crippen LogP contribution < -0.4 is 5.32 Å². The van der Waals surface area contributed by atoms with Gasteiger partial charge in [-0.05, 0) is 26.7 Å². The largest absolute Gasteiger partial charge is 0.481 e. The molecule has 7 heteroatoms. The van der Waals surface area contributed by atoms with E-state index in [4.69, 9.17) is 5.11 Å². The van der Waals surface area contributed by atoms with E-state index >= 15 is 0 Å². The van der Waals surface area contributed by atoms with Gasteiger partial charge in [0.2, 0.25) is 5.91 Å². The van der Waals surface area contributed by atoms with E-state index in [-0.39, 0.29) is 30.9 Å². The average molecular weight is 301 g/mol. The highest BCUT2D eigenvalue weighted by Crippen LogP contribution is 2.06. The van der Waals surface area contributed by atoms with Crippen molar-refractivity contribution in [2.75, 3.05) is 26.7 Å². The summed E-state index contributed by atoms with van der Waals surface area (Å²) in [6, 6.07) is -0.311. The molecule has 0 aromatic carbocycles. The van der Waals surface area contributed by atoms with Crippen LogP contribution in [0.15, 0.2) is 0 Å². The highest BCUT2D eigenvalue weighted by molar-refractivity contribution is 5.84. The van der Waals surface area contributed by atoms with Gasteiger partial charge in [-0.15, -0.1) is 0 Å². The first-order valence-corrected chi connectivity index (χ1v) is 7.29. The zero-order valence-corrected chi connectivity index (χ0v) is 13.4. The minimum Gasteiger partial charge on any atom is -0.481 e. The van der Waals surface area contributed by atoms with E-state index in [0.717, 1.165) is 6.42 Å². The maximum Gasteiger partial charge on any atom is 0.320 e. The molecule has 0 aliphatic rings. The van der Waals surface area contributed by atoms with Crippen molar-refractivity contribution in [1.29, 1.82) is 0 Å². The Bertz CT molecular complexity index is 358. The molecule has 0 radical (unpaired) electrons. The molecule has 0 atom stereocenters. The number of hydrogen-bond donors (Lipinski definition) is 2. The highest BCUT2D eigenvalue weighted by Gasteiger charge is 2.22. The number of rotatable bonds is 9. The Labute approximate surface area is 126 Å². The molecule has 0 fully saturated rings. The minimum atomic E-state index is -0.876. The Balaban J connectivity index is 4.44. The summed E-state index contributed by atoms with van der Waals surface area (Å²) in [5.74, 6) is -1.07. The third kappa shape index (κ3) is 8.16. The van der Waals surface area contributed by atoms with E-state index in [9.17, 15) is 14.4 Å². The van der Waals surface area contributed by atoms with Crippen molar-refractivity contribution in [2.45, 2.75) is 46.1 Å². The molecule has 122 valence electrons. The molecule has 0 aliphatic heterocycles. The fraction of sp³-hybridized carbons (Fsp3) is 0.786. The van der Waals surface area contributed by atoms with Crippen molar-refractivity contribution < 1.29 is 19.5 Å². The zero-order valence-electron chi connectivity index (χ0n) is 13.4. The fourth-order valence-electron chi connectivity index (χ4n) is 1.80. The lowest BCUT2D eigenvalue weighted by atomic mass is 10.2. The summed E-state index contributed by atoms with van der Waals surface area (Å²) in [5, 5.41) is 11.4. The summed E-state index contributed by atoms with van der Waals surface area (Å²) in [6.45, 7) is 6.64. The van der Waals surface area contributed by atoms with Crippen molar-refractivity contribution in [3.63, 3.8) is 0 Å². The van der Waals surface area contributed by atoms with Gasteiger partial charge in [-0.3, -0.25) is 9.59 Å². The number of carboxylic acids is 1. The molecule has 7 nitrogen and oxygen atoms in total. The average Bonchev–Trinajstić information content (AvgIpc) is 2.39. The molecule has 0 aromatic heterocycles. The first-order chi connectivity index (χ1) is 9.79. The van der Waals surface area contributed by atoms with Crippen LogP contribution in [-0.4, -0.2) is 65.5 Å². The minimum absolute atomic E-state index is 0.000976. The quantitative estimate of drug-likeness (QED) is 0.668. The van der Waals surface area contributed by atoms with Crippen LogP contribution in [0.4, 0.5) is 4.79 Å². The lowest BCUT2D eigenvalue weighted by Gasteiger charge is -2.31. The van der Waals surface area contributed by atoms with Gasteiger partial charge in [-0.1, -0.05) is 6.92 Å². The van der Waals surface area contributed by atoms with E-state index in [1.807, 2.05) is 20.8 Å². The Morgan fingerprint density at radius 3 is 2.33 bits per heavy atom. The number of likely N-dealkylation sites (N-methyl/N-ethyl adjacent to an activating group) is 1. The molecule has 0 aliphatic carbocycles. The van der Waals surface area contributed by atoms with Gasteiger partial charge in [0, 0.05) is 32.6 Å². The zero-order chi connectivity index (χ0) is 16.4. The molecule has 0 saturated carbocycles. The van der Waals surface area contributed by atoms with Crippen LogP contribution in [-0.2, 0) is 9.59 Å². The highest BCUT2D eigenvalue weighted by atomic mass is 16.4. The molecule has 0 spiro atoms. The maximum atomic E-state index is 12.3.